The highest BCUT2D eigenvalue weighted by atomic mass is 15.0. The Bertz CT molecular complexity index is 538. The number of rotatable bonds is 5. The molecule has 0 unspecified atom stereocenters. The Morgan fingerprint density at radius 3 is 2.67 bits per heavy atom. The van der Waals surface area contributed by atoms with Crippen molar-refractivity contribution in [1.29, 1.82) is 0 Å². The molecule has 2 rings (SSSR count). The zero-order chi connectivity index (χ0) is 13.1. The van der Waals surface area contributed by atoms with Crippen LogP contribution in [0.1, 0.15) is 36.6 Å². The van der Waals surface area contributed by atoms with E-state index in [1.165, 1.54) is 47.0 Å². The number of hydrogen-bond acceptors (Lipinski definition) is 1. The van der Waals surface area contributed by atoms with Crippen LogP contribution in [0.25, 0.3) is 10.9 Å². The van der Waals surface area contributed by atoms with Gasteiger partial charge in [-0.2, -0.15) is 0 Å². The van der Waals surface area contributed by atoms with E-state index in [9.17, 15) is 0 Å². The van der Waals surface area contributed by atoms with Gasteiger partial charge < -0.3 is 10.3 Å². The van der Waals surface area contributed by atoms with Gasteiger partial charge in [-0.1, -0.05) is 25.0 Å². The van der Waals surface area contributed by atoms with E-state index in [0.717, 1.165) is 6.54 Å². The number of fused-ring (bicyclic) bond motifs is 1. The average molecular weight is 244 g/mol. The second-order valence-electron chi connectivity index (χ2n) is 5.13. The molecule has 1 heterocycles. The van der Waals surface area contributed by atoms with Gasteiger partial charge in [-0.3, -0.25) is 0 Å². The van der Waals surface area contributed by atoms with Gasteiger partial charge >= 0.3 is 0 Å². The molecule has 1 aromatic carbocycles. The van der Waals surface area contributed by atoms with Crippen LogP contribution in [0.15, 0.2) is 18.2 Å². The number of aryl methyl sites for hydroxylation is 2. The molecule has 0 atom stereocenters. The van der Waals surface area contributed by atoms with Crippen molar-refractivity contribution < 1.29 is 0 Å². The molecule has 0 saturated heterocycles. The van der Waals surface area contributed by atoms with Gasteiger partial charge in [-0.05, 0) is 44.4 Å². The third kappa shape index (κ3) is 2.30. The second-order valence-corrected chi connectivity index (χ2v) is 5.13. The first-order chi connectivity index (χ1) is 8.69. The number of benzene rings is 1. The predicted octanol–water partition coefficient (Wildman–Crippen LogP) is 3.56. The van der Waals surface area contributed by atoms with E-state index in [4.69, 9.17) is 5.73 Å². The molecule has 0 radical (unpaired) electrons. The zero-order valence-corrected chi connectivity index (χ0v) is 11.8. The molecule has 0 amide bonds. The maximum atomic E-state index is 5.74. The lowest BCUT2D eigenvalue weighted by Gasteiger charge is -2.06. The van der Waals surface area contributed by atoms with Gasteiger partial charge in [0.2, 0.25) is 0 Å². The van der Waals surface area contributed by atoms with Crippen molar-refractivity contribution in [2.45, 2.75) is 46.6 Å². The fourth-order valence-electron chi connectivity index (χ4n) is 2.75. The van der Waals surface area contributed by atoms with Crippen molar-refractivity contribution >= 4 is 10.9 Å². The second kappa shape index (κ2) is 5.57. The van der Waals surface area contributed by atoms with Crippen LogP contribution in [0, 0.1) is 13.8 Å². The van der Waals surface area contributed by atoms with Crippen LogP contribution < -0.4 is 5.73 Å². The van der Waals surface area contributed by atoms with Crippen LogP contribution in [0.4, 0.5) is 0 Å². The molecule has 0 aliphatic heterocycles. The van der Waals surface area contributed by atoms with Gasteiger partial charge in [0.1, 0.15) is 0 Å². The summed E-state index contributed by atoms with van der Waals surface area (Å²) in [6.45, 7) is 8.26. The highest BCUT2D eigenvalue weighted by Crippen LogP contribution is 2.28. The van der Waals surface area contributed by atoms with Gasteiger partial charge in [0, 0.05) is 29.7 Å². The van der Waals surface area contributed by atoms with E-state index in [0.29, 0.717) is 6.54 Å². The molecule has 0 spiro atoms. The number of unbranched alkanes of at least 4 members (excludes halogenated alkanes) is 1. The van der Waals surface area contributed by atoms with Crippen molar-refractivity contribution in [3.05, 3.63) is 35.0 Å². The maximum absolute atomic E-state index is 5.74. The third-order valence-corrected chi connectivity index (χ3v) is 3.74. The summed E-state index contributed by atoms with van der Waals surface area (Å²) < 4.78 is 2.37. The van der Waals surface area contributed by atoms with Crippen molar-refractivity contribution in [3.63, 3.8) is 0 Å². The Kier molecular flexibility index (Phi) is 4.07. The summed E-state index contributed by atoms with van der Waals surface area (Å²) in [5, 5.41) is 1.43. The summed E-state index contributed by atoms with van der Waals surface area (Å²) in [5.74, 6) is 0. The minimum absolute atomic E-state index is 0.700. The fourth-order valence-corrected chi connectivity index (χ4v) is 2.75. The number of nitrogens with two attached hydrogens (primary N) is 1. The van der Waals surface area contributed by atoms with Crippen LogP contribution in [-0.4, -0.2) is 11.1 Å². The molecule has 0 aliphatic rings. The molecular formula is C16H24N2. The Morgan fingerprint density at radius 2 is 2.00 bits per heavy atom. The summed E-state index contributed by atoms with van der Waals surface area (Å²) in [6, 6.07) is 6.75. The molecule has 2 heteroatoms. The van der Waals surface area contributed by atoms with Crippen molar-refractivity contribution in [3.8, 4) is 0 Å². The predicted molar refractivity (Wildman–Crippen MR) is 79.1 cm³/mol. The molecule has 0 saturated carbocycles. The standard InChI is InChI=1S/C16H24N2/c1-4-5-6-14-13(3)18(10-9-17)16-8-7-12(2)11-15(14)16/h7-8,11H,4-6,9-10,17H2,1-3H3. The van der Waals surface area contributed by atoms with Crippen molar-refractivity contribution in [2.75, 3.05) is 6.54 Å². The molecule has 2 aromatic rings. The monoisotopic (exact) mass is 244 g/mol. The molecule has 0 fully saturated rings. The SMILES string of the molecule is CCCCc1c(C)n(CCN)c2ccc(C)cc12. The minimum atomic E-state index is 0.700. The summed E-state index contributed by atoms with van der Waals surface area (Å²) in [7, 11) is 0. The average Bonchev–Trinajstić information content (AvgIpc) is 2.60. The Balaban J connectivity index is 2.59. The maximum Gasteiger partial charge on any atom is 0.0485 e. The molecule has 18 heavy (non-hydrogen) atoms. The Hall–Kier alpha value is -1.28. The number of aromatic nitrogens is 1. The van der Waals surface area contributed by atoms with Crippen LogP contribution in [0.3, 0.4) is 0 Å². The van der Waals surface area contributed by atoms with Crippen LogP contribution >= 0.6 is 0 Å². The minimum Gasteiger partial charge on any atom is -0.343 e. The first-order valence-corrected chi connectivity index (χ1v) is 6.97. The lowest BCUT2D eigenvalue weighted by atomic mass is 10.0. The normalized spacial score (nSPS) is 11.3. The summed E-state index contributed by atoms with van der Waals surface area (Å²) >= 11 is 0. The molecule has 2 nitrogen and oxygen atoms in total. The molecular weight excluding hydrogens is 220 g/mol. The lowest BCUT2D eigenvalue weighted by Crippen LogP contribution is -2.11. The summed E-state index contributed by atoms with van der Waals surface area (Å²) in [4.78, 5) is 0. The van der Waals surface area contributed by atoms with E-state index in [-0.39, 0.29) is 0 Å². The fraction of sp³-hybridized carbons (Fsp3) is 0.500. The van der Waals surface area contributed by atoms with Crippen LogP contribution in [-0.2, 0) is 13.0 Å². The van der Waals surface area contributed by atoms with Crippen molar-refractivity contribution in [2.24, 2.45) is 5.73 Å². The third-order valence-electron chi connectivity index (χ3n) is 3.74. The first-order valence-electron chi connectivity index (χ1n) is 6.97. The van der Waals surface area contributed by atoms with Crippen LogP contribution in [0.5, 0.6) is 0 Å². The Morgan fingerprint density at radius 1 is 1.22 bits per heavy atom. The van der Waals surface area contributed by atoms with Gasteiger partial charge in [0.25, 0.3) is 0 Å². The van der Waals surface area contributed by atoms with E-state index in [1.54, 1.807) is 0 Å². The van der Waals surface area contributed by atoms with Gasteiger partial charge in [0.15, 0.2) is 0 Å². The molecule has 0 bridgehead atoms. The van der Waals surface area contributed by atoms with Crippen molar-refractivity contribution in [1.82, 2.24) is 4.57 Å². The van der Waals surface area contributed by atoms with E-state index >= 15 is 0 Å². The molecule has 1 aromatic heterocycles. The van der Waals surface area contributed by atoms with Gasteiger partial charge in [-0.25, -0.2) is 0 Å². The largest absolute Gasteiger partial charge is 0.343 e. The van der Waals surface area contributed by atoms with Crippen LogP contribution in [0.2, 0.25) is 0 Å². The number of nitrogens with zero attached hydrogens (tertiary/aromatic N) is 1. The molecule has 98 valence electrons. The topological polar surface area (TPSA) is 30.9 Å². The quantitative estimate of drug-likeness (QED) is 0.856. The Labute approximate surface area is 110 Å². The van der Waals surface area contributed by atoms with E-state index in [1.807, 2.05) is 0 Å². The highest BCUT2D eigenvalue weighted by molar-refractivity contribution is 5.86. The van der Waals surface area contributed by atoms with E-state index in [2.05, 4.69) is 43.5 Å². The number of hydrogen-bond donors (Lipinski definition) is 1. The lowest BCUT2D eigenvalue weighted by molar-refractivity contribution is 0.704. The highest BCUT2D eigenvalue weighted by Gasteiger charge is 2.12. The van der Waals surface area contributed by atoms with Gasteiger partial charge in [0.05, 0.1) is 0 Å². The van der Waals surface area contributed by atoms with E-state index < -0.39 is 0 Å². The zero-order valence-electron chi connectivity index (χ0n) is 11.8. The smallest absolute Gasteiger partial charge is 0.0485 e. The summed E-state index contributed by atoms with van der Waals surface area (Å²) in [5.41, 5.74) is 11.3. The molecule has 0 aliphatic carbocycles. The molecule has 2 N–H and O–H groups in total. The van der Waals surface area contributed by atoms with Gasteiger partial charge in [-0.15, -0.1) is 0 Å². The summed E-state index contributed by atoms with van der Waals surface area (Å²) in [6.07, 6.45) is 3.69. The first kappa shape index (κ1) is 13.2.